The van der Waals surface area contributed by atoms with E-state index in [1.165, 1.54) is 6.07 Å². The third-order valence-corrected chi connectivity index (χ3v) is 1.71. The first-order valence-corrected chi connectivity index (χ1v) is 3.78. The lowest BCUT2D eigenvalue weighted by Crippen LogP contribution is -2.09. The van der Waals surface area contributed by atoms with E-state index in [2.05, 4.69) is 0 Å². The quantitative estimate of drug-likeness (QED) is 0.668. The Morgan fingerprint density at radius 1 is 1.13 bits per heavy atom. The standard InChI is InChI=1S/C9H4F5N/c10-7-4-6(9(12,13)14)8(11)3-5(7)1-2-15/h3-4H,1H2. The predicted octanol–water partition coefficient (Wildman–Crippen LogP) is 3.05. The van der Waals surface area contributed by atoms with Gasteiger partial charge in [0, 0.05) is 5.56 Å². The molecule has 0 bridgehead atoms. The van der Waals surface area contributed by atoms with E-state index in [1.54, 1.807) is 0 Å². The molecule has 0 heterocycles. The van der Waals surface area contributed by atoms with Gasteiger partial charge in [-0.1, -0.05) is 0 Å². The van der Waals surface area contributed by atoms with Gasteiger partial charge >= 0.3 is 6.18 Å². The summed E-state index contributed by atoms with van der Waals surface area (Å²) in [7, 11) is 0. The molecular formula is C9H4F5N. The van der Waals surface area contributed by atoms with Crippen molar-refractivity contribution in [1.82, 2.24) is 0 Å². The Hall–Kier alpha value is -1.64. The van der Waals surface area contributed by atoms with Crippen molar-refractivity contribution in [3.8, 4) is 6.07 Å². The van der Waals surface area contributed by atoms with E-state index in [0.717, 1.165) is 0 Å². The first-order chi connectivity index (χ1) is 6.86. The van der Waals surface area contributed by atoms with Crippen LogP contribution >= 0.6 is 0 Å². The Morgan fingerprint density at radius 3 is 2.20 bits per heavy atom. The molecule has 0 fully saturated rings. The summed E-state index contributed by atoms with van der Waals surface area (Å²) in [6.07, 6.45) is -5.41. The Balaban J connectivity index is 3.27. The first kappa shape index (κ1) is 11.4. The van der Waals surface area contributed by atoms with Gasteiger partial charge in [-0.15, -0.1) is 0 Å². The maximum atomic E-state index is 12.9. The van der Waals surface area contributed by atoms with Crippen LogP contribution in [-0.2, 0) is 12.6 Å². The van der Waals surface area contributed by atoms with Crippen LogP contribution in [0.2, 0.25) is 0 Å². The molecule has 0 N–H and O–H groups in total. The summed E-state index contributed by atoms with van der Waals surface area (Å²) in [5.41, 5.74) is -2.05. The first-order valence-electron chi connectivity index (χ1n) is 3.78. The van der Waals surface area contributed by atoms with Crippen LogP contribution in [0.4, 0.5) is 22.0 Å². The number of nitrogens with zero attached hydrogens (tertiary/aromatic N) is 1. The number of alkyl halides is 3. The van der Waals surface area contributed by atoms with Crippen molar-refractivity contribution < 1.29 is 22.0 Å². The molecule has 15 heavy (non-hydrogen) atoms. The number of hydrogen-bond donors (Lipinski definition) is 0. The molecular weight excluding hydrogens is 217 g/mol. The topological polar surface area (TPSA) is 23.8 Å². The molecule has 0 spiro atoms. The van der Waals surface area contributed by atoms with Crippen LogP contribution in [0.15, 0.2) is 12.1 Å². The fourth-order valence-electron chi connectivity index (χ4n) is 1.03. The number of benzene rings is 1. The van der Waals surface area contributed by atoms with Crippen molar-refractivity contribution in [2.24, 2.45) is 0 Å². The number of rotatable bonds is 1. The van der Waals surface area contributed by atoms with E-state index in [9.17, 15) is 22.0 Å². The Kier molecular flexibility index (Phi) is 2.93. The van der Waals surface area contributed by atoms with Gasteiger partial charge in [0.25, 0.3) is 0 Å². The fraction of sp³-hybridized carbons (Fsp3) is 0.222. The Labute approximate surface area is 81.7 Å². The summed E-state index contributed by atoms with van der Waals surface area (Å²) in [4.78, 5) is 0. The van der Waals surface area contributed by atoms with E-state index in [0.29, 0.717) is 6.07 Å². The molecule has 0 aliphatic heterocycles. The fourth-order valence-corrected chi connectivity index (χ4v) is 1.03. The zero-order valence-electron chi connectivity index (χ0n) is 7.20. The van der Waals surface area contributed by atoms with Crippen molar-refractivity contribution in [1.29, 1.82) is 5.26 Å². The Morgan fingerprint density at radius 2 is 1.73 bits per heavy atom. The minimum Gasteiger partial charge on any atom is -0.207 e. The van der Waals surface area contributed by atoms with Gasteiger partial charge in [0.05, 0.1) is 18.1 Å². The highest BCUT2D eigenvalue weighted by Gasteiger charge is 2.35. The molecule has 80 valence electrons. The molecule has 1 aromatic rings. The van der Waals surface area contributed by atoms with Gasteiger partial charge in [0.1, 0.15) is 11.6 Å². The second-order valence-electron chi connectivity index (χ2n) is 2.76. The molecule has 0 radical (unpaired) electrons. The van der Waals surface area contributed by atoms with Gasteiger partial charge in [-0.05, 0) is 12.1 Å². The maximum absolute atomic E-state index is 12.9. The van der Waals surface area contributed by atoms with E-state index in [-0.39, 0.29) is 11.6 Å². The Bertz CT molecular complexity index is 416. The molecule has 1 rings (SSSR count). The molecule has 6 heteroatoms. The van der Waals surface area contributed by atoms with Crippen LogP contribution < -0.4 is 0 Å². The highest BCUT2D eigenvalue weighted by molar-refractivity contribution is 5.29. The van der Waals surface area contributed by atoms with Crippen LogP contribution in [0.25, 0.3) is 0 Å². The zero-order valence-corrected chi connectivity index (χ0v) is 7.20. The molecule has 0 aromatic heterocycles. The lowest BCUT2D eigenvalue weighted by molar-refractivity contribution is -0.140. The molecule has 0 aliphatic rings. The average Bonchev–Trinajstić information content (AvgIpc) is 2.09. The second kappa shape index (κ2) is 3.85. The summed E-state index contributed by atoms with van der Waals surface area (Å²) in [5, 5.41) is 8.20. The maximum Gasteiger partial charge on any atom is 0.419 e. The molecule has 0 atom stereocenters. The molecule has 0 saturated carbocycles. The average molecular weight is 221 g/mol. The van der Waals surface area contributed by atoms with E-state index in [4.69, 9.17) is 5.26 Å². The molecule has 1 nitrogen and oxygen atoms in total. The van der Waals surface area contributed by atoms with Crippen molar-refractivity contribution in [3.05, 3.63) is 34.9 Å². The van der Waals surface area contributed by atoms with Crippen molar-refractivity contribution >= 4 is 0 Å². The minimum absolute atomic E-state index is 0.0575. The van der Waals surface area contributed by atoms with Gasteiger partial charge in [-0.3, -0.25) is 0 Å². The largest absolute Gasteiger partial charge is 0.419 e. The van der Waals surface area contributed by atoms with E-state index in [1.807, 2.05) is 0 Å². The summed E-state index contributed by atoms with van der Waals surface area (Å²) in [6, 6.07) is 1.97. The van der Waals surface area contributed by atoms with Crippen LogP contribution in [-0.4, -0.2) is 0 Å². The van der Waals surface area contributed by atoms with Gasteiger partial charge in [-0.25, -0.2) is 8.78 Å². The van der Waals surface area contributed by atoms with Crippen LogP contribution in [0, 0.1) is 23.0 Å². The lowest BCUT2D eigenvalue weighted by atomic mass is 10.1. The van der Waals surface area contributed by atoms with Gasteiger partial charge in [0.2, 0.25) is 0 Å². The van der Waals surface area contributed by atoms with Gasteiger partial charge < -0.3 is 0 Å². The minimum atomic E-state index is -4.93. The van der Waals surface area contributed by atoms with Crippen molar-refractivity contribution in [2.45, 2.75) is 12.6 Å². The highest BCUT2D eigenvalue weighted by atomic mass is 19.4. The van der Waals surface area contributed by atoms with E-state index < -0.39 is 29.8 Å². The summed E-state index contributed by atoms with van der Waals surface area (Å²) in [6.45, 7) is 0. The number of nitriles is 1. The third-order valence-electron chi connectivity index (χ3n) is 1.71. The highest BCUT2D eigenvalue weighted by Crippen LogP contribution is 2.32. The molecule has 0 aliphatic carbocycles. The van der Waals surface area contributed by atoms with Crippen LogP contribution in [0.1, 0.15) is 11.1 Å². The molecule has 0 amide bonds. The number of hydrogen-bond acceptors (Lipinski definition) is 1. The third kappa shape index (κ3) is 2.43. The van der Waals surface area contributed by atoms with Crippen molar-refractivity contribution in [3.63, 3.8) is 0 Å². The smallest absolute Gasteiger partial charge is 0.207 e. The lowest BCUT2D eigenvalue weighted by Gasteiger charge is -2.09. The number of halogens is 5. The van der Waals surface area contributed by atoms with E-state index >= 15 is 0 Å². The van der Waals surface area contributed by atoms with Gasteiger partial charge in [-0.2, -0.15) is 18.4 Å². The molecule has 1 aromatic carbocycles. The second-order valence-corrected chi connectivity index (χ2v) is 2.76. The normalized spacial score (nSPS) is 11.2. The zero-order chi connectivity index (χ0) is 11.6. The van der Waals surface area contributed by atoms with Gasteiger partial charge in [0.15, 0.2) is 0 Å². The van der Waals surface area contributed by atoms with Crippen LogP contribution in [0.3, 0.4) is 0 Å². The molecule has 0 saturated heterocycles. The summed E-state index contributed by atoms with van der Waals surface area (Å²) >= 11 is 0. The monoisotopic (exact) mass is 221 g/mol. The summed E-state index contributed by atoms with van der Waals surface area (Å²) in [5.74, 6) is -2.81. The molecule has 0 unspecified atom stereocenters. The predicted molar refractivity (Wildman–Crippen MR) is 40.7 cm³/mol. The van der Waals surface area contributed by atoms with Crippen LogP contribution in [0.5, 0.6) is 0 Å². The SMILES string of the molecule is N#CCc1cc(F)c(C(F)(F)F)cc1F. The summed E-state index contributed by atoms with van der Waals surface area (Å²) < 4.78 is 62.0. The van der Waals surface area contributed by atoms with Crippen molar-refractivity contribution in [2.75, 3.05) is 0 Å².